The summed E-state index contributed by atoms with van der Waals surface area (Å²) in [6.45, 7) is 3.28. The first kappa shape index (κ1) is 21.0. The molecule has 2 aliphatic rings. The summed E-state index contributed by atoms with van der Waals surface area (Å²) in [6.07, 6.45) is 3.24. The molecule has 1 saturated heterocycles. The summed E-state index contributed by atoms with van der Waals surface area (Å²) in [6, 6.07) is 7.34. The summed E-state index contributed by atoms with van der Waals surface area (Å²) in [5.41, 5.74) is 2.58. The van der Waals surface area contributed by atoms with Gasteiger partial charge in [-0.3, -0.25) is 9.48 Å². The lowest BCUT2D eigenvalue weighted by molar-refractivity contribution is 0.0658. The number of ether oxygens (including phenoxy) is 2. The summed E-state index contributed by atoms with van der Waals surface area (Å²) >= 11 is 0. The highest BCUT2D eigenvalue weighted by molar-refractivity contribution is 5.92. The number of benzene rings is 1. The number of carbonyl (C=O) groups is 2. The van der Waals surface area contributed by atoms with Gasteiger partial charge in [-0.05, 0) is 43.0 Å². The predicted molar refractivity (Wildman–Crippen MR) is 114 cm³/mol. The third-order valence-corrected chi connectivity index (χ3v) is 5.88. The summed E-state index contributed by atoms with van der Waals surface area (Å²) in [4.78, 5) is 28.9. The highest BCUT2D eigenvalue weighted by atomic mass is 16.5. The molecule has 0 aliphatic carbocycles. The lowest BCUT2D eigenvalue weighted by atomic mass is 10.1. The molecule has 1 N–H and O–H groups in total. The van der Waals surface area contributed by atoms with Gasteiger partial charge in [0, 0.05) is 45.0 Å². The molecule has 0 unspecified atom stereocenters. The van der Waals surface area contributed by atoms with Crippen LogP contribution in [0.1, 0.15) is 34.6 Å². The van der Waals surface area contributed by atoms with Crippen LogP contribution in [0.25, 0.3) is 0 Å². The van der Waals surface area contributed by atoms with Crippen LogP contribution in [0.4, 0.5) is 4.79 Å². The van der Waals surface area contributed by atoms with Gasteiger partial charge in [0.25, 0.3) is 5.91 Å². The van der Waals surface area contributed by atoms with Gasteiger partial charge in [0.05, 0.1) is 14.2 Å². The fourth-order valence-corrected chi connectivity index (χ4v) is 4.08. The number of fused-ring (bicyclic) bond motifs is 1. The third-order valence-electron chi connectivity index (χ3n) is 5.88. The Morgan fingerprint density at radius 3 is 2.42 bits per heavy atom. The number of carbonyl (C=O) groups excluding carboxylic acids is 2. The zero-order valence-electron chi connectivity index (χ0n) is 18.1. The van der Waals surface area contributed by atoms with Gasteiger partial charge in [0.15, 0.2) is 17.2 Å². The lowest BCUT2D eigenvalue weighted by Gasteiger charge is -2.34. The standard InChI is InChI=1S/C22H29N5O4/c1-30-19-7-6-16(13-20(19)31-2)15-23-22(29)26-11-9-25(10-12-26)21(28)18-14-17-5-3-4-8-27(17)24-18/h6-7,13-14H,3-5,8-12,15H2,1-2H3,(H,23,29). The molecule has 3 heterocycles. The molecule has 31 heavy (non-hydrogen) atoms. The first-order valence-corrected chi connectivity index (χ1v) is 10.7. The molecular formula is C22H29N5O4. The van der Waals surface area contributed by atoms with E-state index < -0.39 is 0 Å². The molecule has 0 spiro atoms. The number of urea groups is 1. The molecule has 9 nitrogen and oxygen atoms in total. The number of methoxy groups -OCH3 is 2. The Labute approximate surface area is 181 Å². The van der Waals surface area contributed by atoms with Crippen LogP contribution in [-0.4, -0.2) is 71.9 Å². The molecule has 0 saturated carbocycles. The first-order chi connectivity index (χ1) is 15.1. The maximum Gasteiger partial charge on any atom is 0.317 e. The largest absolute Gasteiger partial charge is 0.493 e. The molecule has 3 amide bonds. The predicted octanol–water partition coefficient (Wildman–Crippen LogP) is 1.90. The van der Waals surface area contributed by atoms with E-state index in [0.717, 1.165) is 37.1 Å². The Balaban J connectivity index is 1.28. The SMILES string of the molecule is COc1ccc(CNC(=O)N2CCN(C(=O)c3cc4n(n3)CCCC4)CC2)cc1OC. The fraction of sp³-hybridized carbons (Fsp3) is 0.500. The Kier molecular flexibility index (Phi) is 6.29. The van der Waals surface area contributed by atoms with Crippen LogP contribution in [-0.2, 0) is 19.5 Å². The van der Waals surface area contributed by atoms with Crippen LogP contribution in [0.5, 0.6) is 11.5 Å². The zero-order valence-corrected chi connectivity index (χ0v) is 18.1. The van der Waals surface area contributed by atoms with Crippen LogP contribution in [0.3, 0.4) is 0 Å². The number of aryl methyl sites for hydroxylation is 2. The van der Waals surface area contributed by atoms with Crippen LogP contribution in [0.15, 0.2) is 24.3 Å². The molecule has 0 bridgehead atoms. The number of rotatable bonds is 5. The molecule has 0 atom stereocenters. The Morgan fingerprint density at radius 2 is 1.71 bits per heavy atom. The quantitative estimate of drug-likeness (QED) is 0.787. The van der Waals surface area contributed by atoms with Crippen molar-refractivity contribution in [2.45, 2.75) is 32.4 Å². The second-order valence-corrected chi connectivity index (χ2v) is 7.83. The van der Waals surface area contributed by atoms with Gasteiger partial charge < -0.3 is 24.6 Å². The van der Waals surface area contributed by atoms with Crippen molar-refractivity contribution in [2.24, 2.45) is 0 Å². The molecule has 1 aromatic heterocycles. The Morgan fingerprint density at radius 1 is 0.968 bits per heavy atom. The van der Waals surface area contributed by atoms with Crippen LogP contribution in [0.2, 0.25) is 0 Å². The average molecular weight is 428 g/mol. The number of hydrogen-bond donors (Lipinski definition) is 1. The van der Waals surface area contributed by atoms with E-state index >= 15 is 0 Å². The van der Waals surface area contributed by atoms with Crippen LogP contribution < -0.4 is 14.8 Å². The van der Waals surface area contributed by atoms with E-state index in [1.54, 1.807) is 24.0 Å². The topological polar surface area (TPSA) is 88.9 Å². The van der Waals surface area contributed by atoms with E-state index in [1.165, 1.54) is 0 Å². The van der Waals surface area contributed by atoms with Crippen molar-refractivity contribution in [1.82, 2.24) is 24.9 Å². The second-order valence-electron chi connectivity index (χ2n) is 7.83. The maximum atomic E-state index is 12.8. The lowest BCUT2D eigenvalue weighted by Crippen LogP contribution is -2.53. The van der Waals surface area contributed by atoms with E-state index in [9.17, 15) is 9.59 Å². The smallest absolute Gasteiger partial charge is 0.317 e. The van der Waals surface area contributed by atoms with Crippen molar-refractivity contribution in [3.63, 3.8) is 0 Å². The fourth-order valence-electron chi connectivity index (χ4n) is 4.08. The van der Waals surface area contributed by atoms with Crippen molar-refractivity contribution in [1.29, 1.82) is 0 Å². The Hall–Kier alpha value is -3.23. The summed E-state index contributed by atoms with van der Waals surface area (Å²) < 4.78 is 12.5. The minimum Gasteiger partial charge on any atom is -0.493 e. The van der Waals surface area contributed by atoms with E-state index in [4.69, 9.17) is 9.47 Å². The molecule has 2 aromatic rings. The van der Waals surface area contributed by atoms with Gasteiger partial charge in [0.1, 0.15) is 0 Å². The summed E-state index contributed by atoms with van der Waals surface area (Å²) in [5, 5.41) is 7.42. The normalized spacial score (nSPS) is 15.9. The molecule has 9 heteroatoms. The minimum absolute atomic E-state index is 0.0488. The second kappa shape index (κ2) is 9.28. The monoisotopic (exact) mass is 427 g/mol. The number of amides is 3. The van der Waals surface area contributed by atoms with Crippen LogP contribution >= 0.6 is 0 Å². The molecule has 1 fully saturated rings. The van der Waals surface area contributed by atoms with Crippen LogP contribution in [0, 0.1) is 0 Å². The zero-order chi connectivity index (χ0) is 21.8. The molecule has 166 valence electrons. The Bertz CT molecular complexity index is 926. The summed E-state index contributed by atoms with van der Waals surface area (Å²) in [7, 11) is 3.17. The van der Waals surface area contributed by atoms with E-state index in [0.29, 0.717) is 49.9 Å². The number of aromatic nitrogens is 2. The molecule has 2 aliphatic heterocycles. The van der Waals surface area contributed by atoms with Crippen molar-refractivity contribution in [2.75, 3.05) is 40.4 Å². The van der Waals surface area contributed by atoms with Gasteiger partial charge in [-0.15, -0.1) is 0 Å². The van der Waals surface area contributed by atoms with Crippen molar-refractivity contribution in [3.05, 3.63) is 41.2 Å². The molecule has 1 aromatic carbocycles. The van der Waals surface area contributed by atoms with E-state index in [2.05, 4.69) is 10.4 Å². The van der Waals surface area contributed by atoms with Gasteiger partial charge in [-0.25, -0.2) is 4.79 Å². The number of nitrogens with one attached hydrogen (secondary N) is 1. The molecule has 0 radical (unpaired) electrons. The highest BCUT2D eigenvalue weighted by Gasteiger charge is 2.27. The van der Waals surface area contributed by atoms with E-state index in [-0.39, 0.29) is 11.9 Å². The number of nitrogens with zero attached hydrogens (tertiary/aromatic N) is 4. The number of piperazine rings is 1. The maximum absolute atomic E-state index is 12.8. The first-order valence-electron chi connectivity index (χ1n) is 10.7. The van der Waals surface area contributed by atoms with Crippen molar-refractivity contribution < 1.29 is 19.1 Å². The van der Waals surface area contributed by atoms with Gasteiger partial charge in [-0.1, -0.05) is 6.07 Å². The molecular weight excluding hydrogens is 398 g/mol. The highest BCUT2D eigenvalue weighted by Crippen LogP contribution is 2.27. The average Bonchev–Trinajstić information content (AvgIpc) is 3.26. The van der Waals surface area contributed by atoms with Gasteiger partial charge in [0.2, 0.25) is 0 Å². The number of hydrogen-bond acceptors (Lipinski definition) is 5. The molecule has 4 rings (SSSR count). The van der Waals surface area contributed by atoms with Crippen molar-refractivity contribution >= 4 is 11.9 Å². The van der Waals surface area contributed by atoms with Crippen molar-refractivity contribution in [3.8, 4) is 11.5 Å². The van der Waals surface area contributed by atoms with Gasteiger partial charge >= 0.3 is 6.03 Å². The summed E-state index contributed by atoms with van der Waals surface area (Å²) in [5.74, 6) is 1.23. The minimum atomic E-state index is -0.140. The van der Waals surface area contributed by atoms with E-state index in [1.807, 2.05) is 28.9 Å². The third kappa shape index (κ3) is 4.60. The van der Waals surface area contributed by atoms with Gasteiger partial charge in [-0.2, -0.15) is 5.10 Å².